The average Bonchev–Trinajstić information content (AvgIpc) is 2.53. The molecule has 8 heteroatoms. The van der Waals surface area contributed by atoms with E-state index in [0.29, 0.717) is 18.4 Å². The van der Waals surface area contributed by atoms with Gasteiger partial charge in [-0.3, -0.25) is 0 Å². The fourth-order valence-corrected chi connectivity index (χ4v) is 3.29. The van der Waals surface area contributed by atoms with E-state index in [0.717, 1.165) is 25.1 Å². The quantitative estimate of drug-likeness (QED) is 0.414. The molecule has 2 rings (SSSR count). The van der Waals surface area contributed by atoms with Gasteiger partial charge >= 0.3 is 0 Å². The van der Waals surface area contributed by atoms with Crippen molar-refractivity contribution in [2.75, 3.05) is 20.1 Å². The highest BCUT2D eigenvalue weighted by Crippen LogP contribution is 2.15. The fourth-order valence-electron chi connectivity index (χ4n) is 2.56. The molecule has 1 aromatic rings. The van der Waals surface area contributed by atoms with Crippen LogP contribution in [-0.4, -0.2) is 39.4 Å². The summed E-state index contributed by atoms with van der Waals surface area (Å²) in [7, 11) is -1.99. The molecule has 0 amide bonds. The Kier molecular flexibility index (Phi) is 7.75. The van der Waals surface area contributed by atoms with Crippen molar-refractivity contribution in [1.29, 1.82) is 0 Å². The van der Waals surface area contributed by atoms with Crippen LogP contribution in [0.2, 0.25) is 0 Å². The first-order valence-electron chi connectivity index (χ1n) is 7.49. The van der Waals surface area contributed by atoms with Crippen molar-refractivity contribution in [3.63, 3.8) is 0 Å². The summed E-state index contributed by atoms with van der Waals surface area (Å²) in [4.78, 5) is 6.79. The van der Waals surface area contributed by atoms with Crippen LogP contribution in [0.5, 0.6) is 0 Å². The van der Waals surface area contributed by atoms with E-state index in [1.807, 2.05) is 0 Å². The summed E-state index contributed by atoms with van der Waals surface area (Å²) in [6.45, 7) is 4.59. The first-order chi connectivity index (χ1) is 10.4. The Balaban J connectivity index is 0.00000264. The number of sulfonamides is 1. The summed E-state index contributed by atoms with van der Waals surface area (Å²) in [5, 5.41) is 0. The molecule has 23 heavy (non-hydrogen) atoms. The highest BCUT2D eigenvalue weighted by Gasteiger charge is 2.17. The molecule has 0 aliphatic carbocycles. The molecule has 0 saturated carbocycles. The molecule has 1 aliphatic heterocycles. The lowest BCUT2D eigenvalue weighted by atomic mass is 10.0. The Morgan fingerprint density at radius 2 is 2.04 bits per heavy atom. The van der Waals surface area contributed by atoms with E-state index in [-0.39, 0.29) is 28.9 Å². The average molecular weight is 452 g/mol. The van der Waals surface area contributed by atoms with Gasteiger partial charge in [-0.1, -0.05) is 19.1 Å². The van der Waals surface area contributed by atoms with Gasteiger partial charge in [-0.2, -0.15) is 0 Å². The summed E-state index contributed by atoms with van der Waals surface area (Å²) < 4.78 is 25.6. The number of guanidine groups is 1. The van der Waals surface area contributed by atoms with Gasteiger partial charge in [0, 0.05) is 13.1 Å². The molecule has 0 bridgehead atoms. The maximum atomic E-state index is 11.7. The molecule has 0 spiro atoms. The first-order valence-corrected chi connectivity index (χ1v) is 8.98. The minimum Gasteiger partial charge on any atom is -0.370 e. The maximum absolute atomic E-state index is 11.7. The van der Waals surface area contributed by atoms with Gasteiger partial charge in [0.2, 0.25) is 10.0 Å². The first kappa shape index (κ1) is 20.2. The predicted octanol–water partition coefficient (Wildman–Crippen LogP) is 1.76. The third-order valence-corrected chi connectivity index (χ3v) is 5.34. The number of hydrogen-bond acceptors (Lipinski definition) is 3. The molecule has 1 fully saturated rings. The van der Waals surface area contributed by atoms with Crippen LogP contribution in [0.25, 0.3) is 0 Å². The van der Waals surface area contributed by atoms with Crippen molar-refractivity contribution >= 4 is 40.0 Å². The van der Waals surface area contributed by atoms with Crippen LogP contribution < -0.4 is 10.5 Å². The second kappa shape index (κ2) is 8.84. The number of benzene rings is 1. The van der Waals surface area contributed by atoms with Crippen molar-refractivity contribution in [3.05, 3.63) is 29.8 Å². The summed E-state index contributed by atoms with van der Waals surface area (Å²) >= 11 is 0. The molecule has 1 aromatic carbocycles. The number of halogens is 1. The van der Waals surface area contributed by atoms with E-state index in [1.54, 1.807) is 24.3 Å². The minimum atomic E-state index is -3.39. The van der Waals surface area contributed by atoms with Crippen molar-refractivity contribution in [2.24, 2.45) is 16.6 Å². The van der Waals surface area contributed by atoms with Gasteiger partial charge in [-0.15, -0.1) is 24.0 Å². The fraction of sp³-hybridized carbons (Fsp3) is 0.533. The second-order valence-electron chi connectivity index (χ2n) is 5.72. The molecule has 1 atom stereocenters. The van der Waals surface area contributed by atoms with Crippen LogP contribution >= 0.6 is 24.0 Å². The molecule has 1 saturated heterocycles. The number of likely N-dealkylation sites (tertiary alicyclic amines) is 1. The summed E-state index contributed by atoms with van der Waals surface area (Å²) in [6, 6.07) is 6.69. The number of nitrogens with zero attached hydrogens (tertiary/aromatic N) is 2. The van der Waals surface area contributed by atoms with Gasteiger partial charge in [0.15, 0.2) is 5.96 Å². The largest absolute Gasteiger partial charge is 0.370 e. The van der Waals surface area contributed by atoms with Gasteiger partial charge < -0.3 is 10.6 Å². The van der Waals surface area contributed by atoms with Crippen molar-refractivity contribution < 1.29 is 8.42 Å². The maximum Gasteiger partial charge on any atom is 0.240 e. The predicted molar refractivity (Wildman–Crippen MR) is 103 cm³/mol. The highest BCUT2D eigenvalue weighted by atomic mass is 127. The summed E-state index contributed by atoms with van der Waals surface area (Å²) in [5.41, 5.74) is 6.98. The lowest BCUT2D eigenvalue weighted by molar-refractivity contribution is 0.270. The molecule has 0 radical (unpaired) electrons. The summed E-state index contributed by atoms with van der Waals surface area (Å²) in [5.74, 6) is 1.21. The number of aliphatic imine (C=N–C) groups is 1. The molecule has 1 unspecified atom stereocenters. The molecule has 1 heterocycles. The standard InChI is InChI=1S/C15H24N4O2S.HI/c1-12-4-3-9-19(11-12)15(16)18-10-13-5-7-14(8-6-13)22(20,21)17-2;/h5-8,12,17H,3-4,9-11H2,1-2H3,(H2,16,18);1H. The van der Waals surface area contributed by atoms with Gasteiger partial charge in [0.05, 0.1) is 11.4 Å². The molecule has 1 aliphatic rings. The molecule has 3 N–H and O–H groups in total. The molecular weight excluding hydrogens is 427 g/mol. The van der Waals surface area contributed by atoms with E-state index in [9.17, 15) is 8.42 Å². The Morgan fingerprint density at radius 3 is 2.61 bits per heavy atom. The van der Waals surface area contributed by atoms with E-state index in [4.69, 9.17) is 5.73 Å². The number of rotatable bonds is 4. The second-order valence-corrected chi connectivity index (χ2v) is 7.61. The minimum absolute atomic E-state index is 0. The molecule has 6 nitrogen and oxygen atoms in total. The highest BCUT2D eigenvalue weighted by molar-refractivity contribution is 14.0. The van der Waals surface area contributed by atoms with Gasteiger partial charge in [0.1, 0.15) is 0 Å². The number of nitrogens with one attached hydrogen (secondary N) is 1. The van der Waals surface area contributed by atoms with E-state index >= 15 is 0 Å². The van der Waals surface area contributed by atoms with Crippen LogP contribution in [0.1, 0.15) is 25.3 Å². The van der Waals surface area contributed by atoms with Crippen LogP contribution in [0, 0.1) is 5.92 Å². The molecule has 0 aromatic heterocycles. The number of hydrogen-bond donors (Lipinski definition) is 2. The van der Waals surface area contributed by atoms with Crippen molar-refractivity contribution in [3.8, 4) is 0 Å². The Bertz CT molecular complexity index is 631. The zero-order valence-electron chi connectivity index (χ0n) is 13.5. The Labute approximate surface area is 155 Å². The van der Waals surface area contributed by atoms with Gasteiger partial charge in [-0.05, 0) is 43.5 Å². The lowest BCUT2D eigenvalue weighted by Crippen LogP contribution is -2.43. The summed E-state index contributed by atoms with van der Waals surface area (Å²) in [6.07, 6.45) is 2.39. The number of nitrogens with two attached hydrogens (primary N) is 1. The topological polar surface area (TPSA) is 87.8 Å². The third kappa shape index (κ3) is 5.61. The lowest BCUT2D eigenvalue weighted by Gasteiger charge is -2.31. The van der Waals surface area contributed by atoms with Crippen LogP contribution in [0.15, 0.2) is 34.2 Å². The molecule has 130 valence electrons. The van der Waals surface area contributed by atoms with E-state index in [2.05, 4.69) is 21.5 Å². The SMILES string of the molecule is CNS(=O)(=O)c1ccc(CN=C(N)N2CCCC(C)C2)cc1.I. The zero-order chi connectivity index (χ0) is 16.2. The van der Waals surface area contributed by atoms with E-state index < -0.39 is 10.0 Å². The zero-order valence-corrected chi connectivity index (χ0v) is 16.7. The van der Waals surface area contributed by atoms with Crippen molar-refractivity contribution in [1.82, 2.24) is 9.62 Å². The van der Waals surface area contributed by atoms with Gasteiger partial charge in [0.25, 0.3) is 0 Å². The normalized spacial score (nSPS) is 19.3. The smallest absolute Gasteiger partial charge is 0.240 e. The van der Waals surface area contributed by atoms with Crippen LogP contribution in [0.4, 0.5) is 0 Å². The van der Waals surface area contributed by atoms with Crippen LogP contribution in [0.3, 0.4) is 0 Å². The third-order valence-electron chi connectivity index (χ3n) is 3.91. The Hall–Kier alpha value is -0.870. The number of piperidine rings is 1. The van der Waals surface area contributed by atoms with Crippen molar-refractivity contribution in [2.45, 2.75) is 31.2 Å². The Morgan fingerprint density at radius 1 is 1.39 bits per heavy atom. The monoisotopic (exact) mass is 452 g/mol. The van der Waals surface area contributed by atoms with E-state index in [1.165, 1.54) is 13.5 Å². The van der Waals surface area contributed by atoms with Crippen LogP contribution in [-0.2, 0) is 16.6 Å². The van der Waals surface area contributed by atoms with Gasteiger partial charge in [-0.25, -0.2) is 18.1 Å². The molecular formula is C15H25IN4O2S.